The molecule has 36 heavy (non-hydrogen) atoms. The van der Waals surface area contributed by atoms with Crippen molar-refractivity contribution in [1.29, 1.82) is 0 Å². The zero-order chi connectivity index (χ0) is 25.9. The van der Waals surface area contributed by atoms with Gasteiger partial charge in [0.25, 0.3) is 0 Å². The second-order valence-corrected chi connectivity index (χ2v) is 10.2. The Morgan fingerprint density at radius 2 is 2.08 bits per heavy atom. The number of primary amides is 1. The lowest BCUT2D eigenvalue weighted by atomic mass is 10.1. The van der Waals surface area contributed by atoms with Crippen LogP contribution in [0.25, 0.3) is 11.0 Å². The van der Waals surface area contributed by atoms with Crippen molar-refractivity contribution in [3.63, 3.8) is 0 Å². The summed E-state index contributed by atoms with van der Waals surface area (Å²) >= 11 is 0. The van der Waals surface area contributed by atoms with Gasteiger partial charge in [0.05, 0.1) is 42.8 Å². The standard InChI is InChI=1S/C24H28N4O7S/c1-3-33-24-18(12-23(30)35-24)27-36(31,32)21-9-8-16(11-22(25)29)10-20(21)34-15(2)13-28-14-26-17-6-4-5-7-19(17)28/h4-10,14-15,18,24,27H,3,11-13H2,1-2H3,(H2,25,29)/t15-,18?,24?/m1/s1. The van der Waals surface area contributed by atoms with Crippen molar-refractivity contribution in [2.75, 3.05) is 6.61 Å². The highest BCUT2D eigenvalue weighted by molar-refractivity contribution is 7.89. The predicted octanol–water partition coefficient (Wildman–Crippen LogP) is 1.49. The number of nitrogens with one attached hydrogen (secondary N) is 1. The van der Waals surface area contributed by atoms with Crippen LogP contribution in [0.3, 0.4) is 0 Å². The topological polar surface area (TPSA) is 152 Å². The number of esters is 1. The summed E-state index contributed by atoms with van der Waals surface area (Å²) in [6, 6.07) is 11.1. The summed E-state index contributed by atoms with van der Waals surface area (Å²) in [5.41, 5.74) is 7.58. The van der Waals surface area contributed by atoms with E-state index in [1.807, 2.05) is 28.8 Å². The van der Waals surface area contributed by atoms with Gasteiger partial charge in [-0.25, -0.2) is 18.1 Å². The first-order valence-corrected chi connectivity index (χ1v) is 13.0. The molecule has 1 aliphatic rings. The van der Waals surface area contributed by atoms with Crippen LogP contribution in [-0.4, -0.2) is 54.9 Å². The van der Waals surface area contributed by atoms with Gasteiger partial charge in [0, 0.05) is 6.61 Å². The Morgan fingerprint density at radius 3 is 2.83 bits per heavy atom. The molecule has 12 heteroatoms. The molecule has 1 aliphatic heterocycles. The molecule has 2 aromatic carbocycles. The Hall–Kier alpha value is -3.48. The summed E-state index contributed by atoms with van der Waals surface area (Å²) in [5, 5.41) is 0. The number of para-hydroxylation sites is 2. The van der Waals surface area contributed by atoms with Crippen molar-refractivity contribution in [2.24, 2.45) is 5.73 Å². The maximum Gasteiger partial charge on any atom is 0.310 e. The Morgan fingerprint density at radius 1 is 1.31 bits per heavy atom. The summed E-state index contributed by atoms with van der Waals surface area (Å²) in [6.07, 6.45) is -0.0401. The number of fused-ring (bicyclic) bond motifs is 1. The second kappa shape index (κ2) is 10.6. The van der Waals surface area contributed by atoms with Gasteiger partial charge in [0.2, 0.25) is 22.2 Å². The minimum absolute atomic E-state index is 0.0522. The minimum atomic E-state index is -4.16. The third-order valence-corrected chi connectivity index (χ3v) is 7.11. The van der Waals surface area contributed by atoms with Crippen LogP contribution in [0.1, 0.15) is 25.8 Å². The number of sulfonamides is 1. The fourth-order valence-electron chi connectivity index (χ4n) is 4.07. The zero-order valence-electron chi connectivity index (χ0n) is 19.9. The van der Waals surface area contributed by atoms with E-state index in [4.69, 9.17) is 19.9 Å². The highest BCUT2D eigenvalue weighted by Gasteiger charge is 2.39. The molecule has 1 aromatic heterocycles. The number of imidazole rings is 1. The molecule has 0 bridgehead atoms. The molecule has 3 aromatic rings. The number of hydrogen-bond acceptors (Lipinski definition) is 8. The SMILES string of the molecule is CCOC1OC(=O)CC1NS(=O)(=O)c1ccc(CC(N)=O)cc1O[C@H](C)Cn1cnc2ccccc21. The van der Waals surface area contributed by atoms with E-state index in [1.54, 1.807) is 20.2 Å². The third-order valence-electron chi connectivity index (χ3n) is 5.59. The molecule has 2 unspecified atom stereocenters. The van der Waals surface area contributed by atoms with E-state index in [2.05, 4.69) is 9.71 Å². The first-order valence-electron chi connectivity index (χ1n) is 11.5. The van der Waals surface area contributed by atoms with Gasteiger partial charge in [0.15, 0.2) is 0 Å². The third kappa shape index (κ3) is 5.83. The molecule has 0 radical (unpaired) electrons. The molecule has 3 atom stereocenters. The fraction of sp³-hybridized carbons (Fsp3) is 0.375. The van der Waals surface area contributed by atoms with Crippen LogP contribution in [0.2, 0.25) is 0 Å². The Balaban J connectivity index is 1.60. The number of nitrogens with zero attached hydrogens (tertiary/aromatic N) is 2. The number of rotatable bonds is 11. The number of amides is 1. The quantitative estimate of drug-likeness (QED) is 0.364. The average Bonchev–Trinajstić information content (AvgIpc) is 3.36. The van der Waals surface area contributed by atoms with Crippen LogP contribution in [0, 0.1) is 0 Å². The lowest BCUT2D eigenvalue weighted by Gasteiger charge is -2.22. The maximum atomic E-state index is 13.4. The maximum absolute atomic E-state index is 13.4. The lowest BCUT2D eigenvalue weighted by molar-refractivity contribution is -0.163. The molecule has 0 spiro atoms. The molecule has 1 fully saturated rings. The summed E-state index contributed by atoms with van der Waals surface area (Å²) < 4.78 is 47.6. The first-order chi connectivity index (χ1) is 17.2. The normalized spacial score (nSPS) is 18.8. The van der Waals surface area contributed by atoms with E-state index >= 15 is 0 Å². The van der Waals surface area contributed by atoms with Crippen LogP contribution in [0.4, 0.5) is 0 Å². The molecule has 4 rings (SSSR count). The number of hydrogen-bond donors (Lipinski definition) is 2. The zero-order valence-corrected chi connectivity index (χ0v) is 20.7. The van der Waals surface area contributed by atoms with Crippen molar-refractivity contribution in [3.8, 4) is 5.75 Å². The van der Waals surface area contributed by atoms with E-state index in [0.29, 0.717) is 12.1 Å². The number of nitrogens with two attached hydrogens (primary N) is 1. The Bertz CT molecular complexity index is 1370. The van der Waals surface area contributed by atoms with Crippen LogP contribution in [0.15, 0.2) is 53.7 Å². The second-order valence-electron chi connectivity index (χ2n) is 8.48. The Labute approximate surface area is 208 Å². The minimum Gasteiger partial charge on any atom is -0.487 e. The molecule has 1 saturated heterocycles. The van der Waals surface area contributed by atoms with Crippen molar-refractivity contribution in [1.82, 2.24) is 14.3 Å². The molecule has 0 saturated carbocycles. The molecule has 0 aliphatic carbocycles. The largest absolute Gasteiger partial charge is 0.487 e. The van der Waals surface area contributed by atoms with Crippen molar-refractivity contribution in [2.45, 2.75) is 56.6 Å². The first kappa shape index (κ1) is 25.6. The van der Waals surface area contributed by atoms with Gasteiger partial charge in [-0.15, -0.1) is 0 Å². The van der Waals surface area contributed by atoms with Crippen molar-refractivity contribution in [3.05, 3.63) is 54.4 Å². The molecule has 3 N–H and O–H groups in total. The summed E-state index contributed by atoms with van der Waals surface area (Å²) in [5.74, 6) is -1.07. The van der Waals surface area contributed by atoms with E-state index in [0.717, 1.165) is 11.0 Å². The van der Waals surface area contributed by atoms with Gasteiger partial charge in [-0.3, -0.25) is 9.59 Å². The fourth-order valence-corrected chi connectivity index (χ4v) is 5.41. The van der Waals surface area contributed by atoms with E-state index in [9.17, 15) is 18.0 Å². The van der Waals surface area contributed by atoms with Gasteiger partial charge in [0.1, 0.15) is 16.7 Å². The van der Waals surface area contributed by atoms with Gasteiger partial charge in [-0.1, -0.05) is 18.2 Å². The van der Waals surface area contributed by atoms with Crippen LogP contribution >= 0.6 is 0 Å². The van der Waals surface area contributed by atoms with Gasteiger partial charge in [-0.05, 0) is 43.7 Å². The predicted molar refractivity (Wildman–Crippen MR) is 129 cm³/mol. The van der Waals surface area contributed by atoms with Crippen molar-refractivity contribution < 1.29 is 32.2 Å². The van der Waals surface area contributed by atoms with Crippen LogP contribution < -0.4 is 15.2 Å². The Kier molecular flexibility index (Phi) is 7.57. The van der Waals surface area contributed by atoms with Crippen LogP contribution in [-0.2, 0) is 42.1 Å². The molecule has 2 heterocycles. The smallest absolute Gasteiger partial charge is 0.310 e. The summed E-state index contributed by atoms with van der Waals surface area (Å²) in [7, 11) is -4.16. The lowest BCUT2D eigenvalue weighted by Crippen LogP contribution is -2.41. The summed E-state index contributed by atoms with van der Waals surface area (Å²) in [4.78, 5) is 27.4. The van der Waals surface area contributed by atoms with Gasteiger partial charge >= 0.3 is 5.97 Å². The van der Waals surface area contributed by atoms with Gasteiger partial charge < -0.3 is 24.5 Å². The number of aromatic nitrogens is 2. The summed E-state index contributed by atoms with van der Waals surface area (Å²) in [6.45, 7) is 4.15. The molecule has 11 nitrogen and oxygen atoms in total. The molecular weight excluding hydrogens is 488 g/mol. The van der Waals surface area contributed by atoms with Crippen LogP contribution in [0.5, 0.6) is 5.75 Å². The molecule has 1 amide bonds. The van der Waals surface area contributed by atoms with Gasteiger partial charge in [-0.2, -0.15) is 0 Å². The van der Waals surface area contributed by atoms with Crippen molar-refractivity contribution >= 4 is 32.9 Å². The average molecular weight is 517 g/mol. The number of carbonyl (C=O) groups is 2. The highest BCUT2D eigenvalue weighted by atomic mass is 32.2. The number of carbonyl (C=O) groups excluding carboxylic acids is 2. The molecule has 192 valence electrons. The number of cyclic esters (lactones) is 1. The van der Waals surface area contributed by atoms with E-state index in [-0.39, 0.29) is 30.1 Å². The number of benzene rings is 2. The number of ether oxygens (including phenoxy) is 3. The van der Waals surface area contributed by atoms with E-state index < -0.39 is 40.3 Å². The van der Waals surface area contributed by atoms with E-state index in [1.165, 1.54) is 18.2 Å². The highest BCUT2D eigenvalue weighted by Crippen LogP contribution is 2.29. The molecular formula is C24H28N4O7S. The monoisotopic (exact) mass is 516 g/mol.